The number of hydrogen-bond acceptors (Lipinski definition) is 5. The lowest BCUT2D eigenvalue weighted by Crippen LogP contribution is -2.47. The molecule has 26 heavy (non-hydrogen) atoms. The van der Waals surface area contributed by atoms with E-state index in [1.807, 2.05) is 7.05 Å². The molecule has 0 aliphatic carbocycles. The molecular formula is C15H20F3N3O4S. The number of alkyl halides is 3. The fraction of sp³-hybridized carbons (Fsp3) is 0.533. The van der Waals surface area contributed by atoms with Crippen LogP contribution < -0.4 is 14.8 Å². The standard InChI is InChI=1S/C15H20F3N3O4S/c1-19-11-6-8-21(9-7-11)14(22)10-20-26(23,24)13-4-2-12(3-5-13)25-15(16,17)18/h2-5,11,19-20H,6-10H2,1H3. The zero-order valence-electron chi connectivity index (χ0n) is 14.0. The van der Waals surface area contributed by atoms with Crippen molar-refractivity contribution in [3.63, 3.8) is 0 Å². The molecule has 2 N–H and O–H groups in total. The van der Waals surface area contributed by atoms with E-state index in [1.54, 1.807) is 4.90 Å². The summed E-state index contributed by atoms with van der Waals surface area (Å²) in [5, 5.41) is 3.13. The summed E-state index contributed by atoms with van der Waals surface area (Å²) in [7, 11) is -2.17. The molecule has 1 heterocycles. The van der Waals surface area contributed by atoms with E-state index in [0.29, 0.717) is 19.1 Å². The van der Waals surface area contributed by atoms with Crippen molar-refractivity contribution in [1.29, 1.82) is 0 Å². The Kier molecular flexibility index (Phi) is 6.48. The first-order valence-electron chi connectivity index (χ1n) is 7.91. The van der Waals surface area contributed by atoms with Gasteiger partial charge in [-0.2, -0.15) is 0 Å². The van der Waals surface area contributed by atoms with Gasteiger partial charge < -0.3 is 15.0 Å². The Morgan fingerprint density at radius 3 is 2.31 bits per heavy atom. The van der Waals surface area contributed by atoms with E-state index in [-0.39, 0.29) is 10.8 Å². The number of halogens is 3. The van der Waals surface area contributed by atoms with Crippen LogP contribution in [0.2, 0.25) is 0 Å². The molecule has 1 fully saturated rings. The number of nitrogens with zero attached hydrogens (tertiary/aromatic N) is 1. The number of hydrogen-bond donors (Lipinski definition) is 2. The highest BCUT2D eigenvalue weighted by molar-refractivity contribution is 7.89. The summed E-state index contributed by atoms with van der Waals surface area (Å²) in [5.41, 5.74) is 0. The molecule has 1 saturated heterocycles. The zero-order chi connectivity index (χ0) is 19.4. The van der Waals surface area contributed by atoms with Crippen molar-refractivity contribution < 1.29 is 31.1 Å². The summed E-state index contributed by atoms with van der Waals surface area (Å²) in [6, 6.07) is 4.09. The van der Waals surface area contributed by atoms with E-state index in [4.69, 9.17) is 0 Å². The van der Waals surface area contributed by atoms with Crippen LogP contribution in [-0.2, 0) is 14.8 Å². The molecule has 0 spiro atoms. The first-order chi connectivity index (χ1) is 12.1. The Morgan fingerprint density at radius 2 is 1.81 bits per heavy atom. The van der Waals surface area contributed by atoms with Crippen molar-refractivity contribution in [3.8, 4) is 5.75 Å². The van der Waals surface area contributed by atoms with Gasteiger partial charge in [0.2, 0.25) is 15.9 Å². The van der Waals surface area contributed by atoms with Crippen molar-refractivity contribution in [1.82, 2.24) is 14.9 Å². The van der Waals surface area contributed by atoms with Gasteiger partial charge in [-0.25, -0.2) is 13.1 Å². The van der Waals surface area contributed by atoms with Crippen LogP contribution in [0.5, 0.6) is 5.75 Å². The minimum absolute atomic E-state index is 0.256. The third-order valence-corrected chi connectivity index (χ3v) is 5.45. The maximum absolute atomic E-state index is 12.2. The van der Waals surface area contributed by atoms with Gasteiger partial charge in [0, 0.05) is 19.1 Å². The Balaban J connectivity index is 1.91. The maximum atomic E-state index is 12.2. The van der Waals surface area contributed by atoms with Gasteiger partial charge in [0.25, 0.3) is 0 Å². The molecule has 0 unspecified atom stereocenters. The van der Waals surface area contributed by atoms with E-state index < -0.39 is 28.7 Å². The number of piperidine rings is 1. The number of sulfonamides is 1. The van der Waals surface area contributed by atoms with Crippen molar-refractivity contribution in [2.45, 2.75) is 30.1 Å². The first kappa shape index (κ1) is 20.5. The number of likely N-dealkylation sites (tertiary alicyclic amines) is 1. The molecule has 0 radical (unpaired) electrons. The van der Waals surface area contributed by atoms with Crippen LogP contribution in [0.1, 0.15) is 12.8 Å². The highest BCUT2D eigenvalue weighted by Crippen LogP contribution is 2.23. The van der Waals surface area contributed by atoms with Gasteiger partial charge in [0.1, 0.15) is 5.75 Å². The van der Waals surface area contributed by atoms with E-state index in [2.05, 4.69) is 14.8 Å². The summed E-state index contributed by atoms with van der Waals surface area (Å²) in [4.78, 5) is 13.4. The lowest BCUT2D eigenvalue weighted by atomic mass is 10.1. The molecule has 11 heteroatoms. The number of carbonyl (C=O) groups is 1. The van der Waals surface area contributed by atoms with Crippen molar-refractivity contribution in [2.24, 2.45) is 0 Å². The van der Waals surface area contributed by atoms with Crippen molar-refractivity contribution >= 4 is 15.9 Å². The quantitative estimate of drug-likeness (QED) is 0.753. The van der Waals surface area contributed by atoms with Crippen LogP contribution in [-0.4, -0.2) is 58.3 Å². The van der Waals surface area contributed by atoms with E-state index in [9.17, 15) is 26.4 Å². The second-order valence-corrected chi connectivity index (χ2v) is 7.55. The van der Waals surface area contributed by atoms with Crippen molar-refractivity contribution in [3.05, 3.63) is 24.3 Å². The molecule has 146 valence electrons. The predicted octanol–water partition coefficient (Wildman–Crippen LogP) is 1.07. The lowest BCUT2D eigenvalue weighted by Gasteiger charge is -2.31. The minimum Gasteiger partial charge on any atom is -0.406 e. The third-order valence-electron chi connectivity index (χ3n) is 4.04. The average molecular weight is 395 g/mol. The van der Waals surface area contributed by atoms with Gasteiger partial charge in [-0.15, -0.1) is 13.2 Å². The molecule has 0 bridgehead atoms. The fourth-order valence-electron chi connectivity index (χ4n) is 2.59. The normalized spacial score (nSPS) is 16.5. The number of nitrogens with one attached hydrogen (secondary N) is 2. The number of amides is 1. The average Bonchev–Trinajstić information content (AvgIpc) is 2.59. The largest absolute Gasteiger partial charge is 0.573 e. The summed E-state index contributed by atoms with van der Waals surface area (Å²) in [5.74, 6) is -0.875. The number of rotatable bonds is 6. The van der Waals surface area contributed by atoms with Crippen molar-refractivity contribution in [2.75, 3.05) is 26.7 Å². The van der Waals surface area contributed by atoms with Crippen LogP contribution in [0.4, 0.5) is 13.2 Å². The molecule has 1 aromatic carbocycles. The number of benzene rings is 1. The van der Waals surface area contributed by atoms with Gasteiger partial charge in [0.05, 0.1) is 11.4 Å². The fourth-order valence-corrected chi connectivity index (χ4v) is 3.56. The van der Waals surface area contributed by atoms with Crippen LogP contribution in [0.3, 0.4) is 0 Å². The summed E-state index contributed by atoms with van der Waals surface area (Å²) >= 11 is 0. The predicted molar refractivity (Wildman–Crippen MR) is 87.0 cm³/mol. The molecule has 7 nitrogen and oxygen atoms in total. The highest BCUT2D eigenvalue weighted by atomic mass is 32.2. The minimum atomic E-state index is -4.86. The van der Waals surface area contributed by atoms with Gasteiger partial charge >= 0.3 is 6.36 Å². The Morgan fingerprint density at radius 1 is 1.23 bits per heavy atom. The van der Waals surface area contributed by atoms with Crippen LogP contribution in [0.15, 0.2) is 29.2 Å². The van der Waals surface area contributed by atoms with Crippen LogP contribution in [0.25, 0.3) is 0 Å². The summed E-state index contributed by atoms with van der Waals surface area (Å²) in [6.45, 7) is 0.665. The molecule has 0 aromatic heterocycles. The second-order valence-electron chi connectivity index (χ2n) is 5.79. The smallest absolute Gasteiger partial charge is 0.406 e. The molecular weight excluding hydrogens is 375 g/mol. The Bertz CT molecular complexity index is 715. The van der Waals surface area contributed by atoms with Crippen LogP contribution in [0, 0.1) is 0 Å². The van der Waals surface area contributed by atoms with E-state index in [0.717, 1.165) is 37.1 Å². The topological polar surface area (TPSA) is 87.7 Å². The molecule has 0 saturated carbocycles. The second kappa shape index (κ2) is 8.23. The van der Waals surface area contributed by atoms with Gasteiger partial charge in [-0.1, -0.05) is 0 Å². The molecule has 1 amide bonds. The molecule has 0 atom stereocenters. The first-order valence-corrected chi connectivity index (χ1v) is 9.39. The Hall–Kier alpha value is -1.85. The molecule has 2 rings (SSSR count). The number of ether oxygens (including phenoxy) is 1. The molecule has 1 aromatic rings. The van der Waals surface area contributed by atoms with Gasteiger partial charge in [-0.05, 0) is 44.2 Å². The van der Waals surface area contributed by atoms with Crippen LogP contribution >= 0.6 is 0 Å². The van der Waals surface area contributed by atoms with E-state index in [1.165, 1.54) is 0 Å². The SMILES string of the molecule is CNC1CCN(C(=O)CNS(=O)(=O)c2ccc(OC(F)(F)F)cc2)CC1. The third kappa shape index (κ3) is 5.85. The van der Waals surface area contributed by atoms with Gasteiger partial charge in [-0.3, -0.25) is 4.79 Å². The van der Waals surface area contributed by atoms with Gasteiger partial charge in [0.15, 0.2) is 0 Å². The lowest BCUT2D eigenvalue weighted by molar-refractivity contribution is -0.274. The number of carbonyl (C=O) groups excluding carboxylic acids is 1. The van der Waals surface area contributed by atoms with E-state index >= 15 is 0 Å². The monoisotopic (exact) mass is 395 g/mol. The summed E-state index contributed by atoms with van der Waals surface area (Å²) in [6.07, 6.45) is -3.28. The Labute approximate surface area is 149 Å². The summed E-state index contributed by atoms with van der Waals surface area (Å²) < 4.78 is 66.5. The zero-order valence-corrected chi connectivity index (χ0v) is 14.9. The highest BCUT2D eigenvalue weighted by Gasteiger charge is 2.31. The maximum Gasteiger partial charge on any atom is 0.573 e. The molecule has 1 aliphatic rings. The molecule has 1 aliphatic heterocycles.